The van der Waals surface area contributed by atoms with Gasteiger partial charge in [-0.2, -0.15) is 0 Å². The molecule has 0 bridgehead atoms. The predicted octanol–water partition coefficient (Wildman–Crippen LogP) is 2.27. The van der Waals surface area contributed by atoms with Gasteiger partial charge >= 0.3 is 12.0 Å². The normalized spacial score (nSPS) is 16.4. The number of hydrogen-bond acceptors (Lipinski definition) is 2. The molecule has 21 heavy (non-hydrogen) atoms. The van der Waals surface area contributed by atoms with Crippen molar-refractivity contribution in [2.45, 2.75) is 32.2 Å². The summed E-state index contributed by atoms with van der Waals surface area (Å²) in [5.41, 5.74) is -0.185. The van der Waals surface area contributed by atoms with E-state index in [4.69, 9.17) is 0 Å². The number of nitrogens with one attached hydrogen (secondary N) is 2. The van der Waals surface area contributed by atoms with E-state index in [0.29, 0.717) is 18.4 Å². The molecular weight excluding hydrogens is 275 g/mol. The molecule has 0 aliphatic heterocycles. The highest BCUT2D eigenvalue weighted by Crippen LogP contribution is 2.37. The fourth-order valence-corrected chi connectivity index (χ4v) is 2.66. The topological polar surface area (TPSA) is 78.4 Å². The maximum Gasteiger partial charge on any atom is 0.315 e. The lowest BCUT2D eigenvalue weighted by Crippen LogP contribution is -2.44. The summed E-state index contributed by atoms with van der Waals surface area (Å²) in [4.78, 5) is 23.1. The van der Waals surface area contributed by atoms with Crippen LogP contribution in [-0.4, -0.2) is 23.7 Å². The second-order valence-corrected chi connectivity index (χ2v) is 5.46. The average molecular weight is 294 g/mol. The third-order valence-corrected chi connectivity index (χ3v) is 3.94. The van der Waals surface area contributed by atoms with E-state index < -0.39 is 17.4 Å². The molecule has 2 amide bonds. The van der Waals surface area contributed by atoms with E-state index in [1.54, 1.807) is 12.1 Å². The molecule has 0 heterocycles. The van der Waals surface area contributed by atoms with Gasteiger partial charge in [-0.25, -0.2) is 9.18 Å². The Morgan fingerprint density at radius 2 is 1.95 bits per heavy atom. The van der Waals surface area contributed by atoms with Crippen molar-refractivity contribution < 1.29 is 19.1 Å². The van der Waals surface area contributed by atoms with E-state index in [1.807, 2.05) is 0 Å². The molecule has 1 aliphatic rings. The lowest BCUT2D eigenvalue weighted by atomic mass is 9.86. The SMILES string of the molecule is O=C(NCc1cccc(F)c1)NCC1(C(=O)O)CCCC1. The van der Waals surface area contributed by atoms with Crippen LogP contribution < -0.4 is 10.6 Å². The Balaban J connectivity index is 1.81. The summed E-state index contributed by atoms with van der Waals surface area (Å²) < 4.78 is 13.0. The van der Waals surface area contributed by atoms with Crippen LogP contribution in [0.25, 0.3) is 0 Å². The van der Waals surface area contributed by atoms with Gasteiger partial charge in [-0.05, 0) is 30.5 Å². The van der Waals surface area contributed by atoms with Crippen molar-refractivity contribution in [3.63, 3.8) is 0 Å². The van der Waals surface area contributed by atoms with E-state index in [2.05, 4.69) is 10.6 Å². The molecule has 3 N–H and O–H groups in total. The van der Waals surface area contributed by atoms with E-state index in [1.165, 1.54) is 12.1 Å². The second-order valence-electron chi connectivity index (χ2n) is 5.46. The number of carbonyl (C=O) groups excluding carboxylic acids is 1. The van der Waals surface area contributed by atoms with Gasteiger partial charge in [-0.3, -0.25) is 4.79 Å². The van der Waals surface area contributed by atoms with Gasteiger partial charge in [0.2, 0.25) is 0 Å². The summed E-state index contributed by atoms with van der Waals surface area (Å²) in [5, 5.41) is 14.5. The molecule has 5 nitrogen and oxygen atoms in total. The maximum absolute atomic E-state index is 13.0. The molecule has 0 atom stereocenters. The zero-order valence-corrected chi connectivity index (χ0v) is 11.7. The van der Waals surface area contributed by atoms with E-state index in [-0.39, 0.29) is 18.9 Å². The van der Waals surface area contributed by atoms with Crippen LogP contribution in [0.1, 0.15) is 31.2 Å². The summed E-state index contributed by atoms with van der Waals surface area (Å²) in [7, 11) is 0. The highest BCUT2D eigenvalue weighted by atomic mass is 19.1. The van der Waals surface area contributed by atoms with Crippen LogP contribution in [0.5, 0.6) is 0 Å². The molecule has 0 radical (unpaired) electrons. The fourth-order valence-electron chi connectivity index (χ4n) is 2.66. The zero-order valence-electron chi connectivity index (χ0n) is 11.7. The minimum Gasteiger partial charge on any atom is -0.481 e. The first-order valence-electron chi connectivity index (χ1n) is 7.01. The van der Waals surface area contributed by atoms with Crippen molar-refractivity contribution in [2.75, 3.05) is 6.54 Å². The largest absolute Gasteiger partial charge is 0.481 e. The summed E-state index contributed by atoms with van der Waals surface area (Å²) >= 11 is 0. The minimum absolute atomic E-state index is 0.122. The average Bonchev–Trinajstić information content (AvgIpc) is 2.93. The first-order valence-corrected chi connectivity index (χ1v) is 7.01. The monoisotopic (exact) mass is 294 g/mol. The first-order chi connectivity index (χ1) is 10.0. The molecule has 1 fully saturated rings. The molecule has 114 valence electrons. The zero-order chi connectivity index (χ0) is 15.3. The van der Waals surface area contributed by atoms with Gasteiger partial charge in [-0.15, -0.1) is 0 Å². The number of rotatable bonds is 5. The Labute approximate surface area is 122 Å². The van der Waals surface area contributed by atoms with Gasteiger partial charge in [0.1, 0.15) is 5.82 Å². The van der Waals surface area contributed by atoms with Gasteiger partial charge in [0, 0.05) is 13.1 Å². The van der Waals surface area contributed by atoms with Crippen molar-refractivity contribution in [3.05, 3.63) is 35.6 Å². The van der Waals surface area contributed by atoms with Gasteiger partial charge in [0.25, 0.3) is 0 Å². The molecule has 0 aromatic heterocycles. The Bertz CT molecular complexity index is 527. The molecule has 1 aliphatic carbocycles. The van der Waals surface area contributed by atoms with Gasteiger partial charge in [0.05, 0.1) is 5.41 Å². The summed E-state index contributed by atoms with van der Waals surface area (Å²) in [6, 6.07) is 5.52. The number of urea groups is 1. The second kappa shape index (κ2) is 6.56. The first kappa shape index (κ1) is 15.3. The predicted molar refractivity (Wildman–Crippen MR) is 75.2 cm³/mol. The molecule has 0 spiro atoms. The van der Waals surface area contributed by atoms with Crippen LogP contribution >= 0.6 is 0 Å². The lowest BCUT2D eigenvalue weighted by molar-refractivity contribution is -0.148. The van der Waals surface area contributed by atoms with Crippen molar-refractivity contribution in [2.24, 2.45) is 5.41 Å². The van der Waals surface area contributed by atoms with Gasteiger partial charge in [-0.1, -0.05) is 25.0 Å². The van der Waals surface area contributed by atoms with Crippen LogP contribution in [-0.2, 0) is 11.3 Å². The smallest absolute Gasteiger partial charge is 0.315 e. The highest BCUT2D eigenvalue weighted by Gasteiger charge is 2.41. The Morgan fingerprint density at radius 3 is 2.57 bits per heavy atom. The summed E-state index contributed by atoms with van der Waals surface area (Å²) in [6.07, 6.45) is 2.93. The van der Waals surface area contributed by atoms with Crippen LogP contribution in [0.15, 0.2) is 24.3 Å². The van der Waals surface area contributed by atoms with E-state index in [9.17, 15) is 19.1 Å². The number of carboxylic acids is 1. The third kappa shape index (κ3) is 3.93. The third-order valence-electron chi connectivity index (χ3n) is 3.94. The Hall–Kier alpha value is -2.11. The molecule has 2 rings (SSSR count). The quantitative estimate of drug-likeness (QED) is 0.779. The van der Waals surface area contributed by atoms with E-state index >= 15 is 0 Å². The Morgan fingerprint density at radius 1 is 1.24 bits per heavy atom. The number of amides is 2. The molecule has 0 unspecified atom stereocenters. The standard InChI is InChI=1S/C15H19FN2O3/c16-12-5-3-4-11(8-12)9-17-14(21)18-10-15(13(19)20)6-1-2-7-15/h3-5,8H,1-2,6-7,9-10H2,(H,19,20)(H2,17,18,21). The van der Waals surface area contributed by atoms with E-state index in [0.717, 1.165) is 12.8 Å². The lowest BCUT2D eigenvalue weighted by Gasteiger charge is -2.24. The number of hydrogen-bond donors (Lipinski definition) is 3. The number of carboxylic acid groups (broad SMARTS) is 1. The van der Waals surface area contributed by atoms with Crippen LogP contribution in [0.3, 0.4) is 0 Å². The minimum atomic E-state index is -0.856. The number of aliphatic carboxylic acids is 1. The van der Waals surface area contributed by atoms with Crippen LogP contribution in [0.4, 0.5) is 9.18 Å². The van der Waals surface area contributed by atoms with Gasteiger partial charge in [0.15, 0.2) is 0 Å². The van der Waals surface area contributed by atoms with Gasteiger partial charge < -0.3 is 15.7 Å². The summed E-state index contributed by atoms with van der Waals surface area (Å²) in [5.74, 6) is -1.21. The van der Waals surface area contributed by atoms with Crippen molar-refractivity contribution in [3.8, 4) is 0 Å². The number of benzene rings is 1. The van der Waals surface area contributed by atoms with Crippen molar-refractivity contribution in [1.82, 2.24) is 10.6 Å². The molecule has 1 aromatic carbocycles. The van der Waals surface area contributed by atoms with Crippen molar-refractivity contribution >= 4 is 12.0 Å². The molecular formula is C15H19FN2O3. The molecule has 1 aromatic rings. The fraction of sp³-hybridized carbons (Fsp3) is 0.467. The van der Waals surface area contributed by atoms with Crippen LogP contribution in [0, 0.1) is 11.2 Å². The Kier molecular flexibility index (Phi) is 4.77. The molecule has 6 heteroatoms. The molecule has 0 saturated heterocycles. The molecule has 1 saturated carbocycles. The van der Waals surface area contributed by atoms with Crippen LogP contribution in [0.2, 0.25) is 0 Å². The maximum atomic E-state index is 13.0. The number of halogens is 1. The summed E-state index contributed by atoms with van der Waals surface area (Å²) in [6.45, 7) is 0.320. The highest BCUT2D eigenvalue weighted by molar-refractivity contribution is 5.78. The number of carbonyl (C=O) groups is 2. The van der Waals surface area contributed by atoms with Crippen molar-refractivity contribution in [1.29, 1.82) is 0 Å².